The molecule has 2 unspecified atom stereocenters. The smallest absolute Gasteiger partial charge is 0.251 e. The fourth-order valence-electron chi connectivity index (χ4n) is 6.13. The first-order chi connectivity index (χ1) is 21.2. The Balaban J connectivity index is 1.67. The van der Waals surface area contributed by atoms with E-state index in [9.17, 15) is 9.59 Å². The molecule has 0 radical (unpaired) electrons. The van der Waals surface area contributed by atoms with Gasteiger partial charge in [-0.3, -0.25) is 19.5 Å². The maximum Gasteiger partial charge on any atom is 0.251 e. The molecule has 2 aromatic rings. The number of nitrogens with one attached hydrogen (secondary N) is 3. The molecule has 4 rings (SSSR count). The Morgan fingerprint density at radius 3 is 2.61 bits per heavy atom. The molecule has 238 valence electrons. The van der Waals surface area contributed by atoms with Crippen molar-refractivity contribution in [1.29, 1.82) is 0 Å². The van der Waals surface area contributed by atoms with E-state index in [0.717, 1.165) is 104 Å². The zero-order valence-electron chi connectivity index (χ0n) is 27.3. The number of rotatable bonds is 12. The summed E-state index contributed by atoms with van der Waals surface area (Å²) >= 11 is 0. The lowest BCUT2D eigenvalue weighted by molar-refractivity contribution is -0.105. The first-order valence-electron chi connectivity index (χ1n) is 15.9. The molecule has 9 heteroatoms. The SMILES string of the molecule is CCN(c1cc(-c2ccc(CN3CCOCC3)nc2)cc(C(=O)NC/C(C=O)=C(C)/C=C(/C)NC)c1C)C1CCNC(C)C1. The maximum absolute atomic E-state index is 13.8. The van der Waals surface area contributed by atoms with Gasteiger partial charge in [-0.05, 0) is 95.0 Å². The Labute approximate surface area is 263 Å². The lowest BCUT2D eigenvalue weighted by Crippen LogP contribution is -2.47. The molecule has 2 aliphatic heterocycles. The lowest BCUT2D eigenvalue weighted by atomic mass is 9.94. The van der Waals surface area contributed by atoms with Gasteiger partial charge in [-0.1, -0.05) is 6.07 Å². The third kappa shape index (κ3) is 8.55. The number of benzene rings is 1. The number of aldehydes is 1. The minimum atomic E-state index is -0.196. The minimum absolute atomic E-state index is 0.155. The molecule has 0 aliphatic carbocycles. The number of hydrogen-bond donors (Lipinski definition) is 3. The highest BCUT2D eigenvalue weighted by atomic mass is 16.5. The Kier molecular flexibility index (Phi) is 12.1. The van der Waals surface area contributed by atoms with Crippen LogP contribution < -0.4 is 20.9 Å². The van der Waals surface area contributed by atoms with Crippen LogP contribution in [0, 0.1) is 6.92 Å². The average Bonchev–Trinajstić information content (AvgIpc) is 3.03. The fourth-order valence-corrected chi connectivity index (χ4v) is 6.13. The van der Waals surface area contributed by atoms with Crippen molar-refractivity contribution < 1.29 is 14.3 Å². The molecule has 1 amide bonds. The van der Waals surface area contributed by atoms with Gasteiger partial charge in [-0.2, -0.15) is 0 Å². The number of carbonyl (C=O) groups is 2. The average molecular weight is 603 g/mol. The molecular weight excluding hydrogens is 552 g/mol. The zero-order valence-corrected chi connectivity index (χ0v) is 27.3. The molecule has 44 heavy (non-hydrogen) atoms. The molecule has 2 aliphatic rings. The number of morpholine rings is 1. The van der Waals surface area contributed by atoms with Gasteiger partial charge in [0.1, 0.15) is 6.29 Å². The summed E-state index contributed by atoms with van der Waals surface area (Å²) in [7, 11) is 1.84. The molecule has 1 aromatic heterocycles. The van der Waals surface area contributed by atoms with Crippen molar-refractivity contribution in [2.24, 2.45) is 0 Å². The Bertz CT molecular complexity index is 1350. The van der Waals surface area contributed by atoms with Gasteiger partial charge in [0.25, 0.3) is 5.91 Å². The predicted octanol–water partition coefficient (Wildman–Crippen LogP) is 4.22. The Hall–Kier alpha value is -3.53. The van der Waals surface area contributed by atoms with Crippen molar-refractivity contribution >= 4 is 17.9 Å². The lowest BCUT2D eigenvalue weighted by Gasteiger charge is -2.39. The van der Waals surface area contributed by atoms with Crippen molar-refractivity contribution in [3.63, 3.8) is 0 Å². The van der Waals surface area contributed by atoms with E-state index in [4.69, 9.17) is 9.72 Å². The van der Waals surface area contributed by atoms with E-state index in [-0.39, 0.29) is 12.5 Å². The first-order valence-corrected chi connectivity index (χ1v) is 15.9. The van der Waals surface area contributed by atoms with Crippen LogP contribution in [0.25, 0.3) is 11.1 Å². The summed E-state index contributed by atoms with van der Waals surface area (Å²) < 4.78 is 5.48. The topological polar surface area (TPSA) is 98.8 Å². The second kappa shape index (κ2) is 16.0. The van der Waals surface area contributed by atoms with Gasteiger partial charge in [-0.15, -0.1) is 0 Å². The van der Waals surface area contributed by atoms with Crippen LogP contribution in [0.2, 0.25) is 0 Å². The molecule has 2 fully saturated rings. The van der Waals surface area contributed by atoms with Gasteiger partial charge in [0.15, 0.2) is 0 Å². The Morgan fingerprint density at radius 2 is 1.98 bits per heavy atom. The number of carbonyl (C=O) groups excluding carboxylic acids is 2. The van der Waals surface area contributed by atoms with E-state index < -0.39 is 0 Å². The number of anilines is 1. The summed E-state index contributed by atoms with van der Waals surface area (Å²) in [4.78, 5) is 35.3. The van der Waals surface area contributed by atoms with E-state index in [1.807, 2.05) is 46.2 Å². The van der Waals surface area contributed by atoms with E-state index in [1.165, 1.54) is 0 Å². The van der Waals surface area contributed by atoms with Gasteiger partial charge >= 0.3 is 0 Å². The zero-order chi connectivity index (χ0) is 31.6. The number of nitrogens with zero attached hydrogens (tertiary/aromatic N) is 3. The van der Waals surface area contributed by atoms with Crippen LogP contribution in [-0.4, -0.2) is 87.1 Å². The number of piperidine rings is 1. The third-order valence-corrected chi connectivity index (χ3v) is 8.87. The number of allylic oxidation sites excluding steroid dienone is 3. The summed E-state index contributed by atoms with van der Waals surface area (Å²) in [6.07, 6.45) is 6.75. The normalized spacial score (nSPS) is 20.1. The van der Waals surface area contributed by atoms with Gasteiger partial charge in [0.05, 0.1) is 18.9 Å². The molecule has 0 saturated carbocycles. The standard InChI is InChI=1S/C35H50N6O3/c1-7-41(32-10-11-37-26(4)17-32)34-19-29(28-8-9-31(38-20-28)22-40-12-14-44-15-13-40)18-33(27(34)5)35(43)39-21-30(23-42)24(2)16-25(3)36-6/h8-9,16,18-20,23,26,32,36-37H,7,10-15,17,21-22H2,1-6H3,(H,39,43)/b25-16-,30-24-. The van der Waals surface area contributed by atoms with Crippen molar-refractivity contribution in [2.45, 2.75) is 66.1 Å². The van der Waals surface area contributed by atoms with Crippen molar-refractivity contribution in [1.82, 2.24) is 25.8 Å². The van der Waals surface area contributed by atoms with Crippen LogP contribution in [0.3, 0.4) is 0 Å². The van der Waals surface area contributed by atoms with Crippen LogP contribution in [-0.2, 0) is 16.1 Å². The van der Waals surface area contributed by atoms with Crippen LogP contribution in [0.4, 0.5) is 5.69 Å². The van der Waals surface area contributed by atoms with Gasteiger partial charge < -0.3 is 25.6 Å². The second-order valence-electron chi connectivity index (χ2n) is 12.0. The van der Waals surface area contributed by atoms with Crippen LogP contribution in [0.15, 0.2) is 53.4 Å². The van der Waals surface area contributed by atoms with Gasteiger partial charge in [0, 0.05) is 86.1 Å². The second-order valence-corrected chi connectivity index (χ2v) is 12.0. The third-order valence-electron chi connectivity index (χ3n) is 8.87. The van der Waals surface area contributed by atoms with E-state index in [0.29, 0.717) is 23.2 Å². The summed E-state index contributed by atoms with van der Waals surface area (Å²) in [5.74, 6) is -0.196. The van der Waals surface area contributed by atoms with Crippen molar-refractivity contribution in [3.05, 3.63) is 70.2 Å². The molecule has 1 aromatic carbocycles. The van der Waals surface area contributed by atoms with E-state index in [2.05, 4.69) is 57.8 Å². The summed E-state index contributed by atoms with van der Waals surface area (Å²) in [5.41, 5.74) is 7.87. The van der Waals surface area contributed by atoms with Gasteiger partial charge in [-0.25, -0.2) is 0 Å². The highest BCUT2D eigenvalue weighted by Crippen LogP contribution is 2.34. The highest BCUT2D eigenvalue weighted by Gasteiger charge is 2.27. The summed E-state index contributed by atoms with van der Waals surface area (Å²) in [6, 6.07) is 9.19. The highest BCUT2D eigenvalue weighted by molar-refractivity contribution is 5.99. The number of hydrogen-bond acceptors (Lipinski definition) is 8. The number of ether oxygens (including phenoxy) is 1. The first kappa shape index (κ1) is 33.4. The maximum atomic E-state index is 13.8. The number of pyridine rings is 1. The molecule has 0 bridgehead atoms. The molecule has 2 saturated heterocycles. The van der Waals surface area contributed by atoms with Crippen LogP contribution >= 0.6 is 0 Å². The monoisotopic (exact) mass is 602 g/mol. The number of amides is 1. The Morgan fingerprint density at radius 1 is 1.20 bits per heavy atom. The molecule has 3 heterocycles. The predicted molar refractivity (Wildman–Crippen MR) is 178 cm³/mol. The van der Waals surface area contributed by atoms with Crippen LogP contribution in [0.1, 0.15) is 62.2 Å². The quantitative estimate of drug-likeness (QED) is 0.189. The molecular formula is C35H50N6O3. The van der Waals surface area contributed by atoms with E-state index in [1.54, 1.807) is 0 Å². The van der Waals surface area contributed by atoms with Gasteiger partial charge in [0.2, 0.25) is 0 Å². The van der Waals surface area contributed by atoms with E-state index >= 15 is 0 Å². The van der Waals surface area contributed by atoms with Crippen molar-refractivity contribution in [2.75, 3.05) is 57.9 Å². The largest absolute Gasteiger partial charge is 0.392 e. The molecule has 2 atom stereocenters. The summed E-state index contributed by atoms with van der Waals surface area (Å²) in [5, 5.41) is 9.67. The fraction of sp³-hybridized carbons (Fsp3) is 0.514. The molecule has 3 N–H and O–H groups in total. The minimum Gasteiger partial charge on any atom is -0.392 e. The number of aromatic nitrogens is 1. The summed E-state index contributed by atoms with van der Waals surface area (Å²) in [6.45, 7) is 16.4. The van der Waals surface area contributed by atoms with Crippen LogP contribution in [0.5, 0.6) is 0 Å². The van der Waals surface area contributed by atoms with Crippen molar-refractivity contribution in [3.8, 4) is 11.1 Å². The molecule has 0 spiro atoms. The molecule has 9 nitrogen and oxygen atoms in total.